The number of nitrogens with one attached hydrogen (secondary N) is 1. The van der Waals surface area contributed by atoms with E-state index in [2.05, 4.69) is 20.0 Å². The molecule has 0 aromatic carbocycles. The number of hydrogen-bond donors (Lipinski definition) is 1. The molecular formula is C16H22F3N5O. The van der Waals surface area contributed by atoms with E-state index in [1.54, 1.807) is 11.8 Å². The van der Waals surface area contributed by atoms with Gasteiger partial charge in [0.15, 0.2) is 0 Å². The van der Waals surface area contributed by atoms with E-state index in [0.29, 0.717) is 18.9 Å². The first-order valence-electron chi connectivity index (χ1n) is 8.20. The van der Waals surface area contributed by atoms with E-state index in [9.17, 15) is 13.2 Å². The third-order valence-corrected chi connectivity index (χ3v) is 4.66. The molecular weight excluding hydrogens is 335 g/mol. The molecule has 1 N–H and O–H groups in total. The zero-order chi connectivity index (χ0) is 18.2. The number of alkyl halides is 3. The Morgan fingerprint density at radius 1 is 1.40 bits per heavy atom. The second-order valence-electron chi connectivity index (χ2n) is 6.45. The Bertz CT molecular complexity index is 737. The van der Waals surface area contributed by atoms with Gasteiger partial charge in [0.25, 0.3) is 0 Å². The molecule has 0 spiro atoms. The Morgan fingerprint density at radius 3 is 2.80 bits per heavy atom. The summed E-state index contributed by atoms with van der Waals surface area (Å²) in [5.41, 5.74) is 1.13. The number of hydrogen-bond acceptors (Lipinski definition) is 4. The van der Waals surface area contributed by atoms with Crippen LogP contribution in [0.2, 0.25) is 0 Å². The number of likely N-dealkylation sites (tertiary alicyclic amines) is 1. The van der Waals surface area contributed by atoms with Crippen LogP contribution in [-0.4, -0.2) is 44.8 Å². The molecule has 6 nitrogen and oxygen atoms in total. The highest BCUT2D eigenvalue weighted by atomic mass is 19.4. The summed E-state index contributed by atoms with van der Waals surface area (Å²) in [5.74, 6) is 1.09. The number of H-pyrrole nitrogens is 1. The predicted molar refractivity (Wildman–Crippen MR) is 85.3 cm³/mol. The summed E-state index contributed by atoms with van der Waals surface area (Å²) in [7, 11) is 3.44. The van der Waals surface area contributed by atoms with Gasteiger partial charge < -0.3 is 9.72 Å². The molecule has 1 saturated heterocycles. The highest BCUT2D eigenvalue weighted by Gasteiger charge is 2.34. The highest BCUT2D eigenvalue weighted by Crippen LogP contribution is 2.32. The zero-order valence-electron chi connectivity index (χ0n) is 14.5. The van der Waals surface area contributed by atoms with E-state index in [0.717, 1.165) is 42.7 Å². The van der Waals surface area contributed by atoms with Crippen LogP contribution in [0.3, 0.4) is 0 Å². The normalized spacial score (nSPS) is 19.4. The predicted octanol–water partition coefficient (Wildman–Crippen LogP) is 2.86. The van der Waals surface area contributed by atoms with Crippen LogP contribution in [0.25, 0.3) is 0 Å². The average molecular weight is 357 g/mol. The standard InChI is InChI=1S/C16H22F3N5O/c1-10-12(15(25-3)23(2)22-10)9-24-6-4-5-11(8-24)14-20-7-13(21-14)16(17,18)19/h7,11H,4-6,8-9H2,1-3H3,(H,20,21). The highest BCUT2D eigenvalue weighted by molar-refractivity contribution is 5.31. The summed E-state index contributed by atoms with van der Waals surface area (Å²) in [6, 6.07) is 0. The average Bonchev–Trinajstić information content (AvgIpc) is 3.13. The summed E-state index contributed by atoms with van der Waals surface area (Å²) in [5, 5.41) is 4.38. The molecule has 3 rings (SSSR count). The van der Waals surface area contributed by atoms with Crippen LogP contribution in [0.5, 0.6) is 5.88 Å². The van der Waals surface area contributed by atoms with Gasteiger partial charge in [0.1, 0.15) is 11.5 Å². The van der Waals surface area contributed by atoms with E-state index in [-0.39, 0.29) is 5.92 Å². The summed E-state index contributed by atoms with van der Waals surface area (Å²) in [4.78, 5) is 8.62. The van der Waals surface area contributed by atoms with Gasteiger partial charge in [-0.2, -0.15) is 18.3 Å². The fourth-order valence-electron chi connectivity index (χ4n) is 3.45. The quantitative estimate of drug-likeness (QED) is 0.914. The van der Waals surface area contributed by atoms with Crippen molar-refractivity contribution in [3.05, 3.63) is 29.0 Å². The van der Waals surface area contributed by atoms with Gasteiger partial charge in [0.05, 0.1) is 24.6 Å². The molecule has 25 heavy (non-hydrogen) atoms. The molecule has 1 aliphatic heterocycles. The number of rotatable bonds is 4. The van der Waals surface area contributed by atoms with Crippen LogP contribution in [0.4, 0.5) is 13.2 Å². The van der Waals surface area contributed by atoms with E-state index < -0.39 is 11.9 Å². The number of ether oxygens (including phenoxy) is 1. The van der Waals surface area contributed by atoms with E-state index in [4.69, 9.17) is 4.74 Å². The fourth-order valence-corrected chi connectivity index (χ4v) is 3.45. The molecule has 9 heteroatoms. The molecule has 138 valence electrons. The number of aryl methyl sites for hydroxylation is 2. The van der Waals surface area contributed by atoms with E-state index >= 15 is 0 Å². The lowest BCUT2D eigenvalue weighted by Crippen LogP contribution is -2.34. The third kappa shape index (κ3) is 3.65. The van der Waals surface area contributed by atoms with E-state index in [1.807, 2.05) is 14.0 Å². The fraction of sp³-hybridized carbons (Fsp3) is 0.625. The molecule has 2 aromatic heterocycles. The second kappa shape index (κ2) is 6.70. The van der Waals surface area contributed by atoms with Gasteiger partial charge in [-0.25, -0.2) is 9.67 Å². The summed E-state index contributed by atoms with van der Waals surface area (Å²) < 4.78 is 45.4. The maximum Gasteiger partial charge on any atom is 0.432 e. The molecule has 1 aliphatic rings. The van der Waals surface area contributed by atoms with Crippen molar-refractivity contribution in [3.8, 4) is 5.88 Å². The number of methoxy groups -OCH3 is 1. The number of nitrogens with zero attached hydrogens (tertiary/aromatic N) is 4. The third-order valence-electron chi connectivity index (χ3n) is 4.66. The molecule has 0 radical (unpaired) electrons. The molecule has 1 atom stereocenters. The van der Waals surface area contributed by atoms with Gasteiger partial charge in [-0.05, 0) is 26.3 Å². The maximum absolute atomic E-state index is 12.8. The van der Waals surface area contributed by atoms with Crippen molar-refractivity contribution in [1.29, 1.82) is 0 Å². The Hall–Kier alpha value is -2.03. The van der Waals surface area contributed by atoms with Crippen molar-refractivity contribution < 1.29 is 17.9 Å². The number of halogens is 3. The first-order chi connectivity index (χ1) is 11.8. The second-order valence-corrected chi connectivity index (χ2v) is 6.45. The minimum absolute atomic E-state index is 0.0344. The van der Waals surface area contributed by atoms with Gasteiger partial charge in [-0.1, -0.05) is 0 Å². The summed E-state index contributed by atoms with van der Waals surface area (Å²) in [6.07, 6.45) is -1.78. The van der Waals surface area contributed by atoms with Crippen LogP contribution in [0.1, 0.15) is 41.5 Å². The largest absolute Gasteiger partial charge is 0.481 e. The SMILES string of the molecule is COc1c(CN2CCCC(c3ncc(C(F)(F)F)[nH]3)C2)c(C)nn1C. The number of aromatic nitrogens is 4. The van der Waals surface area contributed by atoms with E-state index in [1.165, 1.54) is 0 Å². The number of aromatic amines is 1. The molecule has 1 fully saturated rings. The molecule has 2 aromatic rings. The van der Waals surface area contributed by atoms with Gasteiger partial charge in [-0.15, -0.1) is 0 Å². The molecule has 3 heterocycles. The van der Waals surface area contributed by atoms with Crippen molar-refractivity contribution in [2.45, 2.75) is 38.4 Å². The van der Waals surface area contributed by atoms with Gasteiger partial charge in [-0.3, -0.25) is 4.90 Å². The molecule has 0 amide bonds. The topological polar surface area (TPSA) is 59.0 Å². The van der Waals surface area contributed by atoms with Gasteiger partial charge in [0.2, 0.25) is 5.88 Å². The monoisotopic (exact) mass is 357 g/mol. The molecule has 0 aliphatic carbocycles. The van der Waals surface area contributed by atoms with Crippen LogP contribution in [0, 0.1) is 6.92 Å². The number of imidazole rings is 1. The lowest BCUT2D eigenvalue weighted by Gasteiger charge is -2.31. The summed E-state index contributed by atoms with van der Waals surface area (Å²) in [6.45, 7) is 4.14. The van der Waals surface area contributed by atoms with Crippen LogP contribution >= 0.6 is 0 Å². The Labute approximate surface area is 144 Å². The zero-order valence-corrected chi connectivity index (χ0v) is 14.5. The lowest BCUT2D eigenvalue weighted by molar-refractivity contribution is -0.141. The first kappa shape index (κ1) is 17.8. The Morgan fingerprint density at radius 2 is 2.16 bits per heavy atom. The summed E-state index contributed by atoms with van der Waals surface area (Å²) >= 11 is 0. The minimum Gasteiger partial charge on any atom is -0.481 e. The Balaban J connectivity index is 1.73. The van der Waals surface area contributed by atoms with Crippen molar-refractivity contribution in [3.63, 3.8) is 0 Å². The molecule has 1 unspecified atom stereocenters. The van der Waals surface area contributed by atoms with Crippen molar-refractivity contribution in [2.75, 3.05) is 20.2 Å². The van der Waals surface area contributed by atoms with Crippen LogP contribution in [0.15, 0.2) is 6.20 Å². The molecule has 0 bridgehead atoms. The Kier molecular flexibility index (Phi) is 4.77. The minimum atomic E-state index is -4.39. The first-order valence-corrected chi connectivity index (χ1v) is 8.20. The van der Waals surface area contributed by atoms with Crippen LogP contribution < -0.4 is 4.74 Å². The van der Waals surface area contributed by atoms with Gasteiger partial charge in [0, 0.05) is 26.1 Å². The van der Waals surface area contributed by atoms with Crippen LogP contribution in [-0.2, 0) is 19.8 Å². The van der Waals surface area contributed by atoms with Crippen molar-refractivity contribution in [2.24, 2.45) is 7.05 Å². The van der Waals surface area contributed by atoms with Crippen molar-refractivity contribution >= 4 is 0 Å². The smallest absolute Gasteiger partial charge is 0.432 e. The lowest BCUT2D eigenvalue weighted by atomic mass is 9.97. The molecule has 0 saturated carbocycles. The maximum atomic E-state index is 12.8. The van der Waals surface area contributed by atoms with Crippen molar-refractivity contribution in [1.82, 2.24) is 24.6 Å². The van der Waals surface area contributed by atoms with Gasteiger partial charge >= 0.3 is 6.18 Å². The number of piperidine rings is 1.